The van der Waals surface area contributed by atoms with Crippen molar-refractivity contribution in [3.05, 3.63) is 16.1 Å². The Bertz CT molecular complexity index is 317. The Morgan fingerprint density at radius 2 is 2.19 bits per heavy atom. The standard InChI is InChI=1S/C13H24N2S/c1-6-14-10(2)7-13(4,5)8-12-9-16-11(3)15-12/h9-10,14H,6-8H2,1-5H3. The summed E-state index contributed by atoms with van der Waals surface area (Å²) in [5, 5.41) is 6.84. The lowest BCUT2D eigenvalue weighted by Crippen LogP contribution is -2.32. The lowest BCUT2D eigenvalue weighted by Gasteiger charge is -2.27. The zero-order chi connectivity index (χ0) is 12.2. The van der Waals surface area contributed by atoms with Crippen LogP contribution in [0.1, 0.15) is 44.8 Å². The van der Waals surface area contributed by atoms with Crippen LogP contribution in [-0.2, 0) is 6.42 Å². The molecule has 0 spiro atoms. The van der Waals surface area contributed by atoms with E-state index >= 15 is 0 Å². The second-order valence-corrected chi connectivity index (χ2v) is 6.42. The van der Waals surface area contributed by atoms with Gasteiger partial charge in [-0.05, 0) is 38.6 Å². The molecular weight excluding hydrogens is 216 g/mol. The highest BCUT2D eigenvalue weighted by molar-refractivity contribution is 7.09. The van der Waals surface area contributed by atoms with E-state index in [1.165, 1.54) is 17.1 Å². The number of nitrogens with zero attached hydrogens (tertiary/aromatic N) is 1. The number of thiazole rings is 1. The van der Waals surface area contributed by atoms with Gasteiger partial charge in [-0.25, -0.2) is 4.98 Å². The molecule has 0 saturated heterocycles. The summed E-state index contributed by atoms with van der Waals surface area (Å²) in [4.78, 5) is 4.55. The van der Waals surface area contributed by atoms with Crippen LogP contribution in [0.15, 0.2) is 5.38 Å². The summed E-state index contributed by atoms with van der Waals surface area (Å²) in [5.74, 6) is 0. The van der Waals surface area contributed by atoms with Gasteiger partial charge in [0.2, 0.25) is 0 Å². The zero-order valence-electron chi connectivity index (χ0n) is 11.1. The molecule has 0 aliphatic carbocycles. The first-order chi connectivity index (χ1) is 7.43. The maximum absolute atomic E-state index is 4.55. The second-order valence-electron chi connectivity index (χ2n) is 5.36. The van der Waals surface area contributed by atoms with Gasteiger partial charge in [0.15, 0.2) is 0 Å². The van der Waals surface area contributed by atoms with Crippen molar-refractivity contribution in [2.45, 2.75) is 53.5 Å². The van der Waals surface area contributed by atoms with E-state index in [9.17, 15) is 0 Å². The fraction of sp³-hybridized carbons (Fsp3) is 0.769. The first-order valence-electron chi connectivity index (χ1n) is 6.07. The van der Waals surface area contributed by atoms with Crippen LogP contribution < -0.4 is 5.32 Å². The zero-order valence-corrected chi connectivity index (χ0v) is 11.9. The Kier molecular flexibility index (Phi) is 4.93. The molecule has 0 aliphatic rings. The number of nitrogens with one attached hydrogen (secondary N) is 1. The molecule has 0 radical (unpaired) electrons. The minimum Gasteiger partial charge on any atom is -0.315 e. The van der Waals surface area contributed by atoms with Gasteiger partial charge >= 0.3 is 0 Å². The number of aromatic nitrogens is 1. The molecule has 3 heteroatoms. The quantitative estimate of drug-likeness (QED) is 0.824. The molecule has 2 nitrogen and oxygen atoms in total. The van der Waals surface area contributed by atoms with E-state index in [0.717, 1.165) is 13.0 Å². The molecule has 1 heterocycles. The fourth-order valence-corrected chi connectivity index (χ4v) is 2.91. The van der Waals surface area contributed by atoms with Crippen molar-refractivity contribution in [2.75, 3.05) is 6.54 Å². The molecule has 1 aromatic rings. The molecule has 0 fully saturated rings. The third-order valence-electron chi connectivity index (χ3n) is 2.74. The number of rotatable bonds is 6. The first kappa shape index (κ1) is 13.7. The highest BCUT2D eigenvalue weighted by Crippen LogP contribution is 2.27. The van der Waals surface area contributed by atoms with Gasteiger partial charge in [-0.1, -0.05) is 20.8 Å². The molecular formula is C13H24N2S. The molecule has 92 valence electrons. The predicted molar refractivity (Wildman–Crippen MR) is 72.1 cm³/mol. The van der Waals surface area contributed by atoms with Crippen molar-refractivity contribution in [2.24, 2.45) is 5.41 Å². The molecule has 16 heavy (non-hydrogen) atoms. The molecule has 0 amide bonds. The van der Waals surface area contributed by atoms with Gasteiger partial charge in [-0.15, -0.1) is 11.3 Å². The summed E-state index contributed by atoms with van der Waals surface area (Å²) in [6.45, 7) is 12.2. The van der Waals surface area contributed by atoms with E-state index < -0.39 is 0 Å². The van der Waals surface area contributed by atoms with Crippen molar-refractivity contribution in [1.29, 1.82) is 0 Å². The Morgan fingerprint density at radius 3 is 2.69 bits per heavy atom. The smallest absolute Gasteiger partial charge is 0.0897 e. The molecule has 0 aliphatic heterocycles. The lowest BCUT2D eigenvalue weighted by molar-refractivity contribution is 0.287. The average molecular weight is 240 g/mol. The number of hydrogen-bond donors (Lipinski definition) is 1. The third-order valence-corrected chi connectivity index (χ3v) is 3.56. The van der Waals surface area contributed by atoms with Crippen molar-refractivity contribution in [1.82, 2.24) is 10.3 Å². The Hall–Kier alpha value is -0.410. The van der Waals surface area contributed by atoms with Gasteiger partial charge in [-0.2, -0.15) is 0 Å². The second kappa shape index (κ2) is 5.78. The van der Waals surface area contributed by atoms with Crippen molar-refractivity contribution < 1.29 is 0 Å². The van der Waals surface area contributed by atoms with Crippen LogP contribution in [0.2, 0.25) is 0 Å². The minimum atomic E-state index is 0.322. The van der Waals surface area contributed by atoms with E-state index in [1.807, 2.05) is 0 Å². The van der Waals surface area contributed by atoms with Crippen molar-refractivity contribution in [3.63, 3.8) is 0 Å². The largest absolute Gasteiger partial charge is 0.315 e. The average Bonchev–Trinajstić information content (AvgIpc) is 2.49. The van der Waals surface area contributed by atoms with Gasteiger partial charge in [-0.3, -0.25) is 0 Å². The van der Waals surface area contributed by atoms with Crippen LogP contribution in [-0.4, -0.2) is 17.6 Å². The van der Waals surface area contributed by atoms with Gasteiger partial charge in [0, 0.05) is 11.4 Å². The van der Waals surface area contributed by atoms with Crippen molar-refractivity contribution in [3.8, 4) is 0 Å². The lowest BCUT2D eigenvalue weighted by atomic mass is 9.82. The van der Waals surface area contributed by atoms with Crippen molar-refractivity contribution >= 4 is 11.3 Å². The van der Waals surface area contributed by atoms with Crippen LogP contribution in [0.4, 0.5) is 0 Å². The molecule has 0 saturated carbocycles. The van der Waals surface area contributed by atoms with Crippen LogP contribution >= 0.6 is 11.3 Å². The summed E-state index contributed by atoms with van der Waals surface area (Å²) in [6.07, 6.45) is 2.27. The molecule has 0 bridgehead atoms. The fourth-order valence-electron chi connectivity index (χ4n) is 2.30. The SMILES string of the molecule is CCNC(C)CC(C)(C)Cc1csc(C)n1. The maximum atomic E-state index is 4.55. The number of aryl methyl sites for hydroxylation is 1. The van der Waals surface area contributed by atoms with E-state index in [-0.39, 0.29) is 0 Å². The van der Waals surface area contributed by atoms with E-state index in [2.05, 4.69) is 50.3 Å². The third kappa shape index (κ3) is 4.62. The Labute approximate surface area is 103 Å². The molecule has 1 aromatic heterocycles. The predicted octanol–water partition coefficient (Wildman–Crippen LogP) is 3.41. The normalized spacial score (nSPS) is 14.1. The summed E-state index contributed by atoms with van der Waals surface area (Å²) in [5.41, 5.74) is 1.57. The van der Waals surface area contributed by atoms with Crippen LogP contribution in [0.3, 0.4) is 0 Å². The van der Waals surface area contributed by atoms with Crippen LogP contribution in [0.25, 0.3) is 0 Å². The summed E-state index contributed by atoms with van der Waals surface area (Å²) < 4.78 is 0. The molecule has 1 N–H and O–H groups in total. The molecule has 0 aromatic carbocycles. The highest BCUT2D eigenvalue weighted by Gasteiger charge is 2.22. The summed E-state index contributed by atoms with van der Waals surface area (Å²) in [6, 6.07) is 0.583. The van der Waals surface area contributed by atoms with E-state index in [0.29, 0.717) is 11.5 Å². The van der Waals surface area contributed by atoms with Gasteiger partial charge in [0.25, 0.3) is 0 Å². The molecule has 1 unspecified atom stereocenters. The monoisotopic (exact) mass is 240 g/mol. The van der Waals surface area contributed by atoms with Gasteiger partial charge in [0.1, 0.15) is 0 Å². The topological polar surface area (TPSA) is 24.9 Å². The van der Waals surface area contributed by atoms with Crippen LogP contribution in [0, 0.1) is 12.3 Å². The van der Waals surface area contributed by atoms with Gasteiger partial charge in [0.05, 0.1) is 10.7 Å². The molecule has 1 atom stereocenters. The first-order valence-corrected chi connectivity index (χ1v) is 6.95. The Balaban J connectivity index is 2.50. The highest BCUT2D eigenvalue weighted by atomic mass is 32.1. The summed E-state index contributed by atoms with van der Waals surface area (Å²) in [7, 11) is 0. The number of hydrogen-bond acceptors (Lipinski definition) is 3. The van der Waals surface area contributed by atoms with Crippen LogP contribution in [0.5, 0.6) is 0 Å². The Morgan fingerprint density at radius 1 is 1.50 bits per heavy atom. The van der Waals surface area contributed by atoms with Gasteiger partial charge < -0.3 is 5.32 Å². The van der Waals surface area contributed by atoms with E-state index in [1.54, 1.807) is 11.3 Å². The molecule has 1 rings (SSSR count). The summed E-state index contributed by atoms with van der Waals surface area (Å²) >= 11 is 1.75. The van der Waals surface area contributed by atoms with E-state index in [4.69, 9.17) is 0 Å². The minimum absolute atomic E-state index is 0.322. The maximum Gasteiger partial charge on any atom is 0.0897 e.